The van der Waals surface area contributed by atoms with Crippen LogP contribution >= 0.6 is 11.8 Å². The Morgan fingerprint density at radius 2 is 2.18 bits per heavy atom. The first-order chi connectivity index (χ1) is 10.7. The van der Waals surface area contributed by atoms with Gasteiger partial charge in [0.2, 0.25) is 0 Å². The molecule has 1 aromatic carbocycles. The number of furan rings is 1. The normalized spacial score (nSPS) is 17.5. The van der Waals surface area contributed by atoms with Crippen LogP contribution in [0, 0.1) is 0 Å². The van der Waals surface area contributed by atoms with Crippen LogP contribution in [0.4, 0.5) is 0 Å². The number of benzene rings is 1. The first-order valence-electron chi connectivity index (χ1n) is 6.92. The highest BCUT2D eigenvalue weighted by Gasteiger charge is 2.34. The summed E-state index contributed by atoms with van der Waals surface area (Å²) >= 11 is 1.71. The van der Waals surface area contributed by atoms with E-state index in [-0.39, 0.29) is 11.3 Å². The molecule has 1 fully saturated rings. The minimum absolute atomic E-state index is 0.0848. The minimum atomic E-state index is -0.0992. The van der Waals surface area contributed by atoms with Gasteiger partial charge in [-0.15, -0.1) is 11.8 Å². The van der Waals surface area contributed by atoms with Gasteiger partial charge in [-0.2, -0.15) is 0 Å². The predicted octanol–water partition coefficient (Wildman–Crippen LogP) is 3.18. The smallest absolute Gasteiger partial charge is 0.290 e. The molecule has 116 valence electrons. The van der Waals surface area contributed by atoms with Crippen molar-refractivity contribution in [1.29, 1.82) is 0 Å². The van der Waals surface area contributed by atoms with Crippen LogP contribution in [0.3, 0.4) is 0 Å². The Labute approximate surface area is 133 Å². The Morgan fingerprint density at radius 1 is 1.32 bits per heavy atom. The monoisotopic (exact) mass is 319 g/mol. The van der Waals surface area contributed by atoms with Crippen molar-refractivity contribution in [2.45, 2.75) is 5.37 Å². The van der Waals surface area contributed by atoms with Gasteiger partial charge in [0.1, 0.15) is 16.9 Å². The van der Waals surface area contributed by atoms with E-state index in [4.69, 9.17) is 13.9 Å². The molecule has 1 unspecified atom stereocenters. The first-order valence-corrected chi connectivity index (χ1v) is 7.97. The average Bonchev–Trinajstić information content (AvgIpc) is 3.24. The molecule has 22 heavy (non-hydrogen) atoms. The van der Waals surface area contributed by atoms with Gasteiger partial charge in [-0.1, -0.05) is 0 Å². The van der Waals surface area contributed by atoms with Gasteiger partial charge in [0.25, 0.3) is 5.91 Å². The first kappa shape index (κ1) is 14.8. The Morgan fingerprint density at radius 3 is 2.86 bits per heavy atom. The maximum Gasteiger partial charge on any atom is 0.290 e. The molecule has 1 atom stereocenters. The van der Waals surface area contributed by atoms with E-state index in [0.717, 1.165) is 22.8 Å². The second kappa shape index (κ2) is 6.36. The van der Waals surface area contributed by atoms with Crippen LogP contribution in [0.25, 0.3) is 0 Å². The molecule has 2 heterocycles. The fourth-order valence-corrected chi connectivity index (χ4v) is 3.78. The van der Waals surface area contributed by atoms with Gasteiger partial charge in [0.05, 0.1) is 20.5 Å². The molecule has 0 spiro atoms. The molecule has 5 nitrogen and oxygen atoms in total. The molecule has 6 heteroatoms. The maximum absolute atomic E-state index is 12.6. The third-order valence-corrected chi connectivity index (χ3v) is 4.83. The van der Waals surface area contributed by atoms with Crippen LogP contribution in [-0.2, 0) is 0 Å². The van der Waals surface area contributed by atoms with Crippen molar-refractivity contribution in [2.24, 2.45) is 0 Å². The summed E-state index contributed by atoms with van der Waals surface area (Å²) < 4.78 is 15.9. The molecule has 1 amide bonds. The topological polar surface area (TPSA) is 51.9 Å². The lowest BCUT2D eigenvalue weighted by Crippen LogP contribution is -2.30. The average molecular weight is 319 g/mol. The molecular weight excluding hydrogens is 302 g/mol. The number of nitrogens with zero attached hydrogens (tertiary/aromatic N) is 1. The molecule has 0 saturated carbocycles. The summed E-state index contributed by atoms with van der Waals surface area (Å²) in [4.78, 5) is 14.4. The van der Waals surface area contributed by atoms with E-state index in [9.17, 15) is 4.79 Å². The largest absolute Gasteiger partial charge is 0.497 e. The molecule has 0 radical (unpaired) electrons. The van der Waals surface area contributed by atoms with Crippen molar-refractivity contribution in [2.75, 3.05) is 26.5 Å². The van der Waals surface area contributed by atoms with Crippen molar-refractivity contribution < 1.29 is 18.7 Å². The Bertz CT molecular complexity index is 656. The van der Waals surface area contributed by atoms with Gasteiger partial charge in [0, 0.05) is 23.9 Å². The molecule has 3 rings (SSSR count). The van der Waals surface area contributed by atoms with E-state index >= 15 is 0 Å². The molecular formula is C16H17NO4S. The zero-order valence-electron chi connectivity index (χ0n) is 12.4. The van der Waals surface area contributed by atoms with E-state index in [1.165, 1.54) is 6.26 Å². The van der Waals surface area contributed by atoms with Crippen molar-refractivity contribution in [1.82, 2.24) is 4.90 Å². The summed E-state index contributed by atoms with van der Waals surface area (Å²) in [5, 5.41) is -0.0848. The highest BCUT2D eigenvalue weighted by Crippen LogP contribution is 2.43. The second-order valence-electron chi connectivity index (χ2n) is 4.81. The van der Waals surface area contributed by atoms with E-state index in [1.54, 1.807) is 38.1 Å². The highest BCUT2D eigenvalue weighted by atomic mass is 32.2. The van der Waals surface area contributed by atoms with E-state index in [0.29, 0.717) is 12.3 Å². The number of hydrogen-bond acceptors (Lipinski definition) is 5. The van der Waals surface area contributed by atoms with Gasteiger partial charge in [0.15, 0.2) is 5.76 Å². The van der Waals surface area contributed by atoms with E-state index in [2.05, 4.69) is 0 Å². The lowest BCUT2D eigenvalue weighted by Gasteiger charge is -2.24. The number of rotatable bonds is 4. The van der Waals surface area contributed by atoms with Gasteiger partial charge in [-0.25, -0.2) is 0 Å². The van der Waals surface area contributed by atoms with Crippen molar-refractivity contribution in [3.05, 3.63) is 47.9 Å². The number of carbonyl (C=O) groups is 1. The lowest BCUT2D eigenvalue weighted by atomic mass is 10.1. The van der Waals surface area contributed by atoms with Crippen LogP contribution in [-0.4, -0.2) is 37.3 Å². The number of amides is 1. The minimum Gasteiger partial charge on any atom is -0.497 e. The molecule has 1 aliphatic heterocycles. The number of hydrogen-bond donors (Lipinski definition) is 0. The number of thioether (sulfide) groups is 1. The summed E-state index contributed by atoms with van der Waals surface area (Å²) in [6.07, 6.45) is 1.51. The van der Waals surface area contributed by atoms with Crippen molar-refractivity contribution in [3.63, 3.8) is 0 Å². The molecule has 0 N–H and O–H groups in total. The summed E-state index contributed by atoms with van der Waals surface area (Å²) in [5.41, 5.74) is 0.964. The Hall–Kier alpha value is -2.08. The van der Waals surface area contributed by atoms with Crippen LogP contribution < -0.4 is 9.47 Å². The van der Waals surface area contributed by atoms with Crippen LogP contribution in [0.15, 0.2) is 41.0 Å². The maximum atomic E-state index is 12.6. The fourth-order valence-electron chi connectivity index (χ4n) is 2.50. The summed E-state index contributed by atoms with van der Waals surface area (Å²) in [6.45, 7) is 0.685. The molecule has 0 aliphatic carbocycles. The molecule has 0 bridgehead atoms. The number of ether oxygens (including phenoxy) is 2. The quantitative estimate of drug-likeness (QED) is 0.866. The van der Waals surface area contributed by atoms with Crippen LogP contribution in [0.2, 0.25) is 0 Å². The number of methoxy groups -OCH3 is 2. The summed E-state index contributed by atoms with van der Waals surface area (Å²) in [7, 11) is 3.24. The third kappa shape index (κ3) is 2.66. The van der Waals surface area contributed by atoms with Gasteiger partial charge >= 0.3 is 0 Å². The fraction of sp³-hybridized carbons (Fsp3) is 0.312. The molecule has 1 saturated heterocycles. The zero-order valence-corrected chi connectivity index (χ0v) is 13.3. The SMILES string of the molecule is COc1ccc(C2SCCN2C(=O)c2ccco2)c(OC)c1. The lowest BCUT2D eigenvalue weighted by molar-refractivity contribution is 0.0727. The molecule has 1 aromatic heterocycles. The molecule has 1 aliphatic rings. The second-order valence-corrected chi connectivity index (χ2v) is 5.99. The van der Waals surface area contributed by atoms with Gasteiger partial charge in [-0.05, 0) is 24.3 Å². The molecule has 2 aromatic rings. The summed E-state index contributed by atoms with van der Waals surface area (Å²) in [6, 6.07) is 9.08. The van der Waals surface area contributed by atoms with E-state index < -0.39 is 0 Å². The van der Waals surface area contributed by atoms with Crippen molar-refractivity contribution in [3.8, 4) is 11.5 Å². The number of carbonyl (C=O) groups excluding carboxylic acids is 1. The van der Waals surface area contributed by atoms with Gasteiger partial charge < -0.3 is 18.8 Å². The Kier molecular flexibility index (Phi) is 4.29. The van der Waals surface area contributed by atoms with Crippen LogP contribution in [0.1, 0.15) is 21.5 Å². The van der Waals surface area contributed by atoms with Crippen molar-refractivity contribution >= 4 is 17.7 Å². The summed E-state index contributed by atoms with van der Waals surface area (Å²) in [5.74, 6) is 2.59. The van der Waals surface area contributed by atoms with Crippen LogP contribution in [0.5, 0.6) is 11.5 Å². The van der Waals surface area contributed by atoms with Gasteiger partial charge in [-0.3, -0.25) is 4.79 Å². The Balaban J connectivity index is 1.91. The zero-order chi connectivity index (χ0) is 15.5. The predicted molar refractivity (Wildman–Crippen MR) is 84.5 cm³/mol. The highest BCUT2D eigenvalue weighted by molar-refractivity contribution is 7.99. The van der Waals surface area contributed by atoms with E-state index in [1.807, 2.05) is 23.1 Å². The third-order valence-electron chi connectivity index (χ3n) is 3.59. The standard InChI is InChI=1S/C16H17NO4S/c1-19-11-5-6-12(14(10-11)20-2)16-17(7-9-22-16)15(18)13-4-3-8-21-13/h3-6,8,10,16H,7,9H2,1-2H3.